The summed E-state index contributed by atoms with van der Waals surface area (Å²) in [5.74, 6) is 1.47. The average molecular weight is 256 g/mol. The zero-order valence-corrected chi connectivity index (χ0v) is 11.4. The van der Waals surface area contributed by atoms with E-state index >= 15 is 0 Å². The van der Waals surface area contributed by atoms with E-state index in [2.05, 4.69) is 18.7 Å². The van der Waals surface area contributed by atoms with E-state index in [-0.39, 0.29) is 5.82 Å². The normalized spacial score (nSPS) is 11.1. The van der Waals surface area contributed by atoms with Crippen LogP contribution >= 0.6 is 11.8 Å². The number of halogens is 1. The summed E-state index contributed by atoms with van der Waals surface area (Å²) in [4.78, 5) is 2.36. The van der Waals surface area contributed by atoms with Gasteiger partial charge in [-0.3, -0.25) is 0 Å². The van der Waals surface area contributed by atoms with E-state index in [1.165, 1.54) is 6.07 Å². The van der Waals surface area contributed by atoms with E-state index in [1.807, 2.05) is 0 Å². The average Bonchev–Trinajstić information content (AvgIpc) is 2.32. The smallest absolute Gasteiger partial charge is 0.129 e. The Balaban J connectivity index is 2.36. The molecule has 0 aliphatic heterocycles. The van der Waals surface area contributed by atoms with Gasteiger partial charge in [0.2, 0.25) is 0 Å². The van der Waals surface area contributed by atoms with Gasteiger partial charge in [-0.2, -0.15) is 11.8 Å². The molecule has 2 nitrogen and oxygen atoms in total. The summed E-state index contributed by atoms with van der Waals surface area (Å²) in [6, 6.07) is 4.87. The highest BCUT2D eigenvalue weighted by Gasteiger charge is 2.06. The lowest BCUT2D eigenvalue weighted by Crippen LogP contribution is -2.25. The molecule has 1 aromatic carbocycles. The van der Waals surface area contributed by atoms with Crippen LogP contribution in [0.25, 0.3) is 0 Å². The number of hydrogen-bond donors (Lipinski definition) is 1. The molecule has 2 N–H and O–H groups in total. The first-order valence-electron chi connectivity index (χ1n) is 6.02. The lowest BCUT2D eigenvalue weighted by Gasteiger charge is -2.17. The Kier molecular flexibility index (Phi) is 6.37. The van der Waals surface area contributed by atoms with Crippen LogP contribution in [0.4, 0.5) is 10.1 Å². The van der Waals surface area contributed by atoms with Gasteiger partial charge in [0.1, 0.15) is 5.82 Å². The molecule has 0 amide bonds. The number of nitrogens with two attached hydrogens (primary N) is 1. The van der Waals surface area contributed by atoms with Gasteiger partial charge in [0.15, 0.2) is 0 Å². The number of nitrogens with zero attached hydrogens (tertiary/aromatic N) is 1. The third kappa shape index (κ3) is 4.56. The largest absolute Gasteiger partial charge is 0.398 e. The summed E-state index contributed by atoms with van der Waals surface area (Å²) in [7, 11) is 0. The number of benzene rings is 1. The van der Waals surface area contributed by atoms with Gasteiger partial charge in [-0.25, -0.2) is 4.39 Å². The van der Waals surface area contributed by atoms with Crippen LogP contribution in [0.15, 0.2) is 18.2 Å². The fraction of sp³-hybridized carbons (Fsp3) is 0.538. The molecule has 0 fully saturated rings. The number of nitrogen functional groups attached to an aromatic ring is 1. The second-order valence-electron chi connectivity index (χ2n) is 3.89. The predicted molar refractivity (Wildman–Crippen MR) is 74.8 cm³/mol. The van der Waals surface area contributed by atoms with E-state index < -0.39 is 0 Å². The van der Waals surface area contributed by atoms with Crippen LogP contribution in [-0.2, 0) is 5.75 Å². The molecule has 0 spiro atoms. The minimum absolute atomic E-state index is 0.194. The number of rotatable bonds is 7. The first-order chi connectivity index (χ1) is 8.19. The molecular weight excluding hydrogens is 235 g/mol. The highest BCUT2D eigenvalue weighted by atomic mass is 32.2. The Morgan fingerprint density at radius 2 is 2.00 bits per heavy atom. The molecule has 1 aromatic rings. The van der Waals surface area contributed by atoms with Gasteiger partial charge in [-0.05, 0) is 25.2 Å². The van der Waals surface area contributed by atoms with Crippen LogP contribution in [0, 0.1) is 5.82 Å². The molecule has 0 aromatic heterocycles. The van der Waals surface area contributed by atoms with E-state index in [0.29, 0.717) is 17.0 Å². The molecule has 0 atom stereocenters. The van der Waals surface area contributed by atoms with Gasteiger partial charge >= 0.3 is 0 Å². The summed E-state index contributed by atoms with van der Waals surface area (Å²) < 4.78 is 13.5. The van der Waals surface area contributed by atoms with Crippen molar-refractivity contribution in [3.8, 4) is 0 Å². The molecule has 17 heavy (non-hydrogen) atoms. The first kappa shape index (κ1) is 14.3. The van der Waals surface area contributed by atoms with Crippen molar-refractivity contribution in [1.29, 1.82) is 0 Å². The zero-order chi connectivity index (χ0) is 12.7. The molecule has 0 saturated heterocycles. The van der Waals surface area contributed by atoms with Crippen LogP contribution in [0.3, 0.4) is 0 Å². The zero-order valence-electron chi connectivity index (χ0n) is 10.6. The van der Waals surface area contributed by atoms with Crippen molar-refractivity contribution in [3.05, 3.63) is 29.6 Å². The van der Waals surface area contributed by atoms with Crippen LogP contribution in [0.2, 0.25) is 0 Å². The summed E-state index contributed by atoms with van der Waals surface area (Å²) in [5.41, 5.74) is 6.94. The van der Waals surface area contributed by atoms with E-state index in [1.54, 1.807) is 23.9 Å². The minimum Gasteiger partial charge on any atom is -0.398 e. The second-order valence-corrected chi connectivity index (χ2v) is 4.99. The SMILES string of the molecule is CCN(CC)CCSCc1c(N)cccc1F. The Hall–Kier alpha value is -0.740. The van der Waals surface area contributed by atoms with Crippen molar-refractivity contribution in [2.45, 2.75) is 19.6 Å². The molecule has 0 bridgehead atoms. The lowest BCUT2D eigenvalue weighted by atomic mass is 10.2. The fourth-order valence-electron chi connectivity index (χ4n) is 1.64. The maximum atomic E-state index is 13.5. The van der Waals surface area contributed by atoms with Crippen LogP contribution in [-0.4, -0.2) is 30.3 Å². The van der Waals surface area contributed by atoms with Gasteiger partial charge in [-0.15, -0.1) is 0 Å². The highest BCUT2D eigenvalue weighted by Crippen LogP contribution is 2.21. The van der Waals surface area contributed by atoms with Crippen molar-refractivity contribution in [3.63, 3.8) is 0 Å². The second kappa shape index (κ2) is 7.56. The molecule has 0 radical (unpaired) electrons. The molecule has 0 aliphatic carbocycles. The Morgan fingerprint density at radius 3 is 2.59 bits per heavy atom. The Morgan fingerprint density at radius 1 is 1.29 bits per heavy atom. The van der Waals surface area contributed by atoms with Gasteiger partial charge in [-0.1, -0.05) is 19.9 Å². The summed E-state index contributed by atoms with van der Waals surface area (Å²) in [6.07, 6.45) is 0. The summed E-state index contributed by atoms with van der Waals surface area (Å²) in [5, 5.41) is 0. The standard InChI is InChI=1S/C13H21FN2S/c1-3-16(4-2)8-9-17-10-11-12(14)6-5-7-13(11)15/h5-7H,3-4,8-10,15H2,1-2H3. The third-order valence-corrected chi connectivity index (χ3v) is 3.81. The maximum absolute atomic E-state index is 13.5. The van der Waals surface area contributed by atoms with Gasteiger partial charge in [0.25, 0.3) is 0 Å². The lowest BCUT2D eigenvalue weighted by molar-refractivity contribution is 0.324. The quantitative estimate of drug-likeness (QED) is 0.601. The predicted octanol–water partition coefficient (Wildman–Crippen LogP) is 2.98. The van der Waals surface area contributed by atoms with Gasteiger partial charge < -0.3 is 10.6 Å². The fourth-order valence-corrected chi connectivity index (χ4v) is 2.68. The number of anilines is 1. The van der Waals surface area contributed by atoms with E-state index in [0.717, 1.165) is 25.4 Å². The molecule has 1 rings (SSSR count). The molecule has 0 heterocycles. The monoisotopic (exact) mass is 256 g/mol. The van der Waals surface area contributed by atoms with Crippen LogP contribution in [0.1, 0.15) is 19.4 Å². The highest BCUT2D eigenvalue weighted by molar-refractivity contribution is 7.98. The molecule has 0 saturated carbocycles. The van der Waals surface area contributed by atoms with E-state index in [9.17, 15) is 4.39 Å². The molecule has 96 valence electrons. The van der Waals surface area contributed by atoms with Crippen LogP contribution < -0.4 is 5.73 Å². The third-order valence-electron chi connectivity index (χ3n) is 2.85. The summed E-state index contributed by atoms with van der Waals surface area (Å²) >= 11 is 1.73. The van der Waals surface area contributed by atoms with Crippen molar-refractivity contribution in [1.82, 2.24) is 4.90 Å². The van der Waals surface area contributed by atoms with Gasteiger partial charge in [0, 0.05) is 29.3 Å². The van der Waals surface area contributed by atoms with Crippen molar-refractivity contribution >= 4 is 17.4 Å². The molecule has 0 unspecified atom stereocenters. The topological polar surface area (TPSA) is 29.3 Å². The minimum atomic E-state index is -0.194. The van der Waals surface area contributed by atoms with Crippen molar-refractivity contribution in [2.75, 3.05) is 31.1 Å². The number of thioether (sulfide) groups is 1. The number of hydrogen-bond acceptors (Lipinski definition) is 3. The molecule has 4 heteroatoms. The van der Waals surface area contributed by atoms with Crippen LogP contribution in [0.5, 0.6) is 0 Å². The van der Waals surface area contributed by atoms with Crippen molar-refractivity contribution < 1.29 is 4.39 Å². The van der Waals surface area contributed by atoms with E-state index in [4.69, 9.17) is 5.73 Å². The van der Waals surface area contributed by atoms with Gasteiger partial charge in [0.05, 0.1) is 0 Å². The molecule has 0 aliphatic rings. The maximum Gasteiger partial charge on any atom is 0.129 e. The van der Waals surface area contributed by atoms with Crippen molar-refractivity contribution in [2.24, 2.45) is 0 Å². The molecular formula is C13H21FN2S. The summed E-state index contributed by atoms with van der Waals surface area (Å²) in [6.45, 7) is 7.50. The Bertz CT molecular complexity index is 320. The first-order valence-corrected chi connectivity index (χ1v) is 7.17. The Labute approximate surface area is 107 Å².